The van der Waals surface area contributed by atoms with Gasteiger partial charge in [0.15, 0.2) is 0 Å². The van der Waals surface area contributed by atoms with Crippen molar-refractivity contribution in [2.24, 2.45) is 0 Å². The number of hydrogen-bond donors (Lipinski definition) is 0. The van der Waals surface area contributed by atoms with E-state index in [1.807, 2.05) is 0 Å². The molecule has 2 aromatic rings. The third-order valence-electron chi connectivity index (χ3n) is 3.11. The highest BCUT2D eigenvalue weighted by Gasteiger charge is 2.32. The number of nitrogens with zero attached hydrogens (tertiary/aromatic N) is 1. The van der Waals surface area contributed by atoms with Crippen molar-refractivity contribution in [3.05, 3.63) is 59.7 Å². The molecule has 112 valence electrons. The largest absolute Gasteiger partial charge is 0.328 e. The number of hydrogen-bond acceptors (Lipinski definition) is 2. The second-order valence-electron chi connectivity index (χ2n) is 4.68. The van der Waals surface area contributed by atoms with Crippen LogP contribution < -0.4 is 4.31 Å². The molecular formula is C15H15F2NO2S. The van der Waals surface area contributed by atoms with Gasteiger partial charge in [-0.1, -0.05) is 35.9 Å². The van der Waals surface area contributed by atoms with Gasteiger partial charge in [-0.05, 0) is 37.6 Å². The van der Waals surface area contributed by atoms with E-state index in [-0.39, 0.29) is 14.9 Å². The van der Waals surface area contributed by atoms with Gasteiger partial charge in [-0.25, -0.2) is 12.7 Å². The van der Waals surface area contributed by atoms with E-state index in [9.17, 15) is 17.2 Å². The van der Waals surface area contributed by atoms with Crippen LogP contribution in [0.3, 0.4) is 0 Å². The van der Waals surface area contributed by atoms with E-state index in [1.54, 1.807) is 38.1 Å². The molecule has 0 atom stereocenters. The number of sulfonamides is 1. The number of para-hydroxylation sites is 1. The van der Waals surface area contributed by atoms with E-state index < -0.39 is 16.6 Å². The average Bonchev–Trinajstić information content (AvgIpc) is 2.41. The van der Waals surface area contributed by atoms with E-state index in [4.69, 9.17) is 0 Å². The molecule has 0 bridgehead atoms. The van der Waals surface area contributed by atoms with Gasteiger partial charge >= 0.3 is 6.55 Å². The second kappa shape index (κ2) is 5.81. The van der Waals surface area contributed by atoms with Crippen LogP contribution in [0, 0.1) is 13.8 Å². The Balaban J connectivity index is 2.57. The zero-order valence-electron chi connectivity index (χ0n) is 11.6. The van der Waals surface area contributed by atoms with Crippen molar-refractivity contribution < 1.29 is 17.2 Å². The Labute approximate surface area is 122 Å². The Kier molecular flexibility index (Phi) is 4.27. The van der Waals surface area contributed by atoms with Crippen LogP contribution in [0.4, 0.5) is 14.5 Å². The van der Waals surface area contributed by atoms with Crippen molar-refractivity contribution in [2.45, 2.75) is 25.3 Å². The summed E-state index contributed by atoms with van der Waals surface area (Å²) < 4.78 is 51.9. The quantitative estimate of drug-likeness (QED) is 0.807. The van der Waals surface area contributed by atoms with Crippen LogP contribution in [-0.2, 0) is 10.0 Å². The van der Waals surface area contributed by atoms with Gasteiger partial charge in [0.2, 0.25) is 0 Å². The first-order chi connectivity index (χ1) is 9.84. The van der Waals surface area contributed by atoms with Crippen molar-refractivity contribution >= 4 is 15.7 Å². The molecule has 0 fully saturated rings. The van der Waals surface area contributed by atoms with Gasteiger partial charge in [0.05, 0.1) is 10.6 Å². The summed E-state index contributed by atoms with van der Waals surface area (Å²) in [6.07, 6.45) is 0. The van der Waals surface area contributed by atoms with Gasteiger partial charge in [-0.3, -0.25) is 0 Å². The fraction of sp³-hybridized carbons (Fsp3) is 0.200. The standard InChI is InChI=1S/C15H15F2NO2S/c1-11-7-9-13(10-8-11)21(19,20)18(15(16)17)14-6-4-3-5-12(14)2/h3-10,15H,1-2H3. The first kappa shape index (κ1) is 15.4. The summed E-state index contributed by atoms with van der Waals surface area (Å²) in [5, 5.41) is 0. The summed E-state index contributed by atoms with van der Waals surface area (Å²) in [6, 6.07) is 12.0. The second-order valence-corrected chi connectivity index (χ2v) is 6.49. The van der Waals surface area contributed by atoms with Gasteiger partial charge < -0.3 is 0 Å². The molecule has 0 spiro atoms. The highest BCUT2D eigenvalue weighted by Crippen LogP contribution is 2.29. The molecule has 2 aromatic carbocycles. The minimum atomic E-state index is -4.31. The van der Waals surface area contributed by atoms with Crippen LogP contribution in [0.1, 0.15) is 11.1 Å². The number of alkyl halides is 2. The number of halogens is 2. The predicted octanol–water partition coefficient (Wildman–Crippen LogP) is 3.72. The van der Waals surface area contributed by atoms with Crippen molar-refractivity contribution in [3.63, 3.8) is 0 Å². The first-order valence-electron chi connectivity index (χ1n) is 6.29. The first-order valence-corrected chi connectivity index (χ1v) is 7.73. The van der Waals surface area contributed by atoms with Crippen molar-refractivity contribution in [3.8, 4) is 0 Å². The molecule has 6 heteroatoms. The normalized spacial score (nSPS) is 11.7. The molecule has 0 aliphatic carbocycles. The van der Waals surface area contributed by atoms with Crippen LogP contribution in [0.2, 0.25) is 0 Å². The number of aryl methyl sites for hydroxylation is 2. The molecule has 21 heavy (non-hydrogen) atoms. The van der Waals surface area contributed by atoms with E-state index in [2.05, 4.69) is 0 Å². The Bertz CT molecular complexity index is 728. The molecule has 0 unspecified atom stereocenters. The molecular weight excluding hydrogens is 296 g/mol. The predicted molar refractivity (Wildman–Crippen MR) is 78.0 cm³/mol. The monoisotopic (exact) mass is 311 g/mol. The Morgan fingerprint density at radius 3 is 2.05 bits per heavy atom. The minimum Gasteiger partial charge on any atom is -0.206 e. The summed E-state index contributed by atoms with van der Waals surface area (Å²) >= 11 is 0. The van der Waals surface area contributed by atoms with Gasteiger partial charge in [-0.2, -0.15) is 8.78 Å². The topological polar surface area (TPSA) is 37.4 Å². The maximum absolute atomic E-state index is 13.4. The smallest absolute Gasteiger partial charge is 0.206 e. The molecule has 0 heterocycles. The van der Waals surface area contributed by atoms with Crippen LogP contribution in [-0.4, -0.2) is 15.0 Å². The number of benzene rings is 2. The van der Waals surface area contributed by atoms with Gasteiger partial charge in [0.1, 0.15) is 0 Å². The molecule has 0 N–H and O–H groups in total. The fourth-order valence-corrected chi connectivity index (χ4v) is 3.35. The number of anilines is 1. The Hall–Kier alpha value is -1.95. The van der Waals surface area contributed by atoms with Crippen molar-refractivity contribution in [2.75, 3.05) is 4.31 Å². The van der Waals surface area contributed by atoms with Crippen molar-refractivity contribution in [1.29, 1.82) is 0 Å². The molecule has 0 saturated heterocycles. The average molecular weight is 311 g/mol. The summed E-state index contributed by atoms with van der Waals surface area (Å²) in [5.74, 6) is 0. The Morgan fingerprint density at radius 2 is 1.52 bits per heavy atom. The number of rotatable bonds is 4. The molecule has 0 saturated carbocycles. The van der Waals surface area contributed by atoms with E-state index >= 15 is 0 Å². The molecule has 3 nitrogen and oxygen atoms in total. The van der Waals surface area contributed by atoms with Gasteiger partial charge in [0, 0.05) is 0 Å². The molecule has 0 amide bonds. The maximum atomic E-state index is 13.4. The zero-order chi connectivity index (χ0) is 15.6. The minimum absolute atomic E-state index is 0.0203. The van der Waals surface area contributed by atoms with E-state index in [0.29, 0.717) is 5.56 Å². The third-order valence-corrected chi connectivity index (χ3v) is 4.85. The van der Waals surface area contributed by atoms with Crippen LogP contribution >= 0.6 is 0 Å². The molecule has 0 aromatic heterocycles. The Morgan fingerprint density at radius 1 is 0.952 bits per heavy atom. The lowest BCUT2D eigenvalue weighted by molar-refractivity contribution is 0.162. The highest BCUT2D eigenvalue weighted by atomic mass is 32.2. The van der Waals surface area contributed by atoms with Crippen LogP contribution in [0.15, 0.2) is 53.4 Å². The fourth-order valence-electron chi connectivity index (χ4n) is 1.97. The molecule has 0 aliphatic rings. The summed E-state index contributed by atoms with van der Waals surface area (Å²) in [7, 11) is -4.31. The SMILES string of the molecule is Cc1ccc(S(=O)(=O)N(c2ccccc2C)C(F)F)cc1. The summed E-state index contributed by atoms with van der Waals surface area (Å²) in [4.78, 5) is -0.156. The van der Waals surface area contributed by atoms with Crippen LogP contribution in [0.25, 0.3) is 0 Å². The van der Waals surface area contributed by atoms with E-state index in [1.165, 1.54) is 24.3 Å². The maximum Gasteiger partial charge on any atom is 0.328 e. The molecule has 0 radical (unpaired) electrons. The third kappa shape index (κ3) is 3.05. The zero-order valence-corrected chi connectivity index (χ0v) is 12.4. The molecule has 0 aliphatic heterocycles. The van der Waals surface area contributed by atoms with Gasteiger partial charge in [-0.15, -0.1) is 0 Å². The summed E-state index contributed by atoms with van der Waals surface area (Å²) in [6.45, 7) is 0.232. The summed E-state index contributed by atoms with van der Waals surface area (Å²) in [5.41, 5.74) is 1.30. The lowest BCUT2D eigenvalue weighted by Crippen LogP contribution is -2.36. The van der Waals surface area contributed by atoms with Crippen LogP contribution in [0.5, 0.6) is 0 Å². The lowest BCUT2D eigenvalue weighted by Gasteiger charge is -2.24. The lowest BCUT2D eigenvalue weighted by atomic mass is 10.2. The highest BCUT2D eigenvalue weighted by molar-refractivity contribution is 7.92. The van der Waals surface area contributed by atoms with Gasteiger partial charge in [0.25, 0.3) is 10.0 Å². The molecule has 2 rings (SSSR count). The van der Waals surface area contributed by atoms with E-state index in [0.717, 1.165) is 5.56 Å². The van der Waals surface area contributed by atoms with Crippen molar-refractivity contribution in [1.82, 2.24) is 0 Å².